The summed E-state index contributed by atoms with van der Waals surface area (Å²) < 4.78 is 13.2. The summed E-state index contributed by atoms with van der Waals surface area (Å²) in [5.74, 6) is 0.0462. The Morgan fingerprint density at radius 1 is 1.35 bits per heavy atom. The van der Waals surface area contributed by atoms with Crippen molar-refractivity contribution in [3.8, 4) is 17.1 Å². The minimum Gasteiger partial charge on any atom is -0.505 e. The number of halogens is 1. The number of nitrogens with zero attached hydrogens (tertiary/aromatic N) is 2. The van der Waals surface area contributed by atoms with Gasteiger partial charge in [0.05, 0.1) is 0 Å². The van der Waals surface area contributed by atoms with E-state index in [2.05, 4.69) is 15.3 Å². The third kappa shape index (κ3) is 2.50. The highest BCUT2D eigenvalue weighted by Crippen LogP contribution is 2.22. The highest BCUT2D eigenvalue weighted by molar-refractivity contribution is 5.58. The summed E-state index contributed by atoms with van der Waals surface area (Å²) in [6.45, 7) is 2.71. The van der Waals surface area contributed by atoms with Gasteiger partial charge in [-0.3, -0.25) is 0 Å². The van der Waals surface area contributed by atoms with E-state index in [1.54, 1.807) is 18.3 Å². The predicted molar refractivity (Wildman–Crippen MR) is 63.3 cm³/mol. The summed E-state index contributed by atoms with van der Waals surface area (Å²) in [4.78, 5) is 8.30. The summed E-state index contributed by atoms with van der Waals surface area (Å²) in [5, 5.41) is 12.2. The molecule has 88 valence electrons. The molecule has 0 spiro atoms. The van der Waals surface area contributed by atoms with Gasteiger partial charge in [-0.1, -0.05) is 0 Å². The van der Waals surface area contributed by atoms with Crippen LogP contribution in [0.3, 0.4) is 0 Å². The molecule has 0 bridgehead atoms. The molecule has 0 fully saturated rings. The Hall–Kier alpha value is -2.17. The molecular formula is C12H12FN3O. The van der Waals surface area contributed by atoms with Gasteiger partial charge in [0.15, 0.2) is 17.4 Å². The van der Waals surface area contributed by atoms with Crippen molar-refractivity contribution in [2.75, 3.05) is 11.9 Å². The van der Waals surface area contributed by atoms with Crippen molar-refractivity contribution < 1.29 is 9.50 Å². The molecule has 1 heterocycles. The minimum atomic E-state index is -0.681. The summed E-state index contributed by atoms with van der Waals surface area (Å²) in [7, 11) is 0. The van der Waals surface area contributed by atoms with Gasteiger partial charge in [0, 0.05) is 18.3 Å². The molecule has 2 rings (SSSR count). The molecule has 0 amide bonds. The molecule has 5 heteroatoms. The van der Waals surface area contributed by atoms with Crippen molar-refractivity contribution in [1.82, 2.24) is 9.97 Å². The van der Waals surface area contributed by atoms with Crippen LogP contribution in [0.15, 0.2) is 30.5 Å². The van der Waals surface area contributed by atoms with E-state index in [0.29, 0.717) is 17.2 Å². The zero-order valence-corrected chi connectivity index (χ0v) is 9.31. The molecule has 4 nitrogen and oxygen atoms in total. The standard InChI is InChI=1S/C12H12FN3O/c1-2-14-11-5-6-15-12(16-11)8-3-4-10(17)9(13)7-8/h3-7,17H,2H2,1H3,(H,14,15,16). The molecule has 0 saturated heterocycles. The number of hydrogen-bond acceptors (Lipinski definition) is 4. The molecular weight excluding hydrogens is 221 g/mol. The van der Waals surface area contributed by atoms with Crippen LogP contribution >= 0.6 is 0 Å². The molecule has 0 aliphatic rings. The third-order valence-electron chi connectivity index (χ3n) is 2.22. The summed E-state index contributed by atoms with van der Waals surface area (Å²) in [6.07, 6.45) is 1.60. The van der Waals surface area contributed by atoms with Crippen LogP contribution in [0.5, 0.6) is 5.75 Å². The van der Waals surface area contributed by atoms with Crippen LogP contribution in [-0.2, 0) is 0 Å². The predicted octanol–water partition coefficient (Wildman–Crippen LogP) is 2.42. The molecule has 0 atom stereocenters. The van der Waals surface area contributed by atoms with Crippen LogP contribution in [-0.4, -0.2) is 21.6 Å². The van der Waals surface area contributed by atoms with Gasteiger partial charge in [-0.05, 0) is 31.2 Å². The van der Waals surface area contributed by atoms with Crippen LogP contribution in [0, 0.1) is 5.82 Å². The normalized spacial score (nSPS) is 10.2. The molecule has 0 saturated carbocycles. The second kappa shape index (κ2) is 4.78. The van der Waals surface area contributed by atoms with Crippen LogP contribution < -0.4 is 5.32 Å². The van der Waals surface area contributed by atoms with Gasteiger partial charge < -0.3 is 10.4 Å². The van der Waals surface area contributed by atoms with E-state index in [-0.39, 0.29) is 5.75 Å². The van der Waals surface area contributed by atoms with Crippen LogP contribution in [0.2, 0.25) is 0 Å². The zero-order valence-electron chi connectivity index (χ0n) is 9.31. The SMILES string of the molecule is CCNc1ccnc(-c2ccc(O)c(F)c2)n1. The topological polar surface area (TPSA) is 58.0 Å². The first kappa shape index (κ1) is 11.3. The van der Waals surface area contributed by atoms with E-state index in [1.807, 2.05) is 6.92 Å². The number of hydrogen-bond donors (Lipinski definition) is 2. The fourth-order valence-corrected chi connectivity index (χ4v) is 1.42. The van der Waals surface area contributed by atoms with Crippen molar-refractivity contribution >= 4 is 5.82 Å². The number of aromatic nitrogens is 2. The van der Waals surface area contributed by atoms with E-state index in [9.17, 15) is 4.39 Å². The largest absolute Gasteiger partial charge is 0.505 e. The van der Waals surface area contributed by atoms with Crippen molar-refractivity contribution in [3.05, 3.63) is 36.3 Å². The Kier molecular flexibility index (Phi) is 3.18. The Morgan fingerprint density at radius 3 is 2.88 bits per heavy atom. The fourth-order valence-electron chi connectivity index (χ4n) is 1.42. The van der Waals surface area contributed by atoms with E-state index < -0.39 is 5.82 Å². The van der Waals surface area contributed by atoms with Gasteiger partial charge in [-0.2, -0.15) is 0 Å². The number of phenols is 1. The molecule has 2 aromatic rings. The Bertz CT molecular complexity index is 531. The first-order valence-electron chi connectivity index (χ1n) is 5.26. The number of rotatable bonds is 3. The van der Waals surface area contributed by atoms with Crippen molar-refractivity contribution in [2.45, 2.75) is 6.92 Å². The summed E-state index contributed by atoms with van der Waals surface area (Å²) >= 11 is 0. The lowest BCUT2D eigenvalue weighted by Crippen LogP contribution is -2.00. The highest BCUT2D eigenvalue weighted by atomic mass is 19.1. The van der Waals surface area contributed by atoms with E-state index >= 15 is 0 Å². The van der Waals surface area contributed by atoms with Gasteiger partial charge in [0.25, 0.3) is 0 Å². The zero-order chi connectivity index (χ0) is 12.3. The first-order valence-corrected chi connectivity index (χ1v) is 5.26. The molecule has 1 aromatic carbocycles. The van der Waals surface area contributed by atoms with Crippen LogP contribution in [0.25, 0.3) is 11.4 Å². The number of phenolic OH excluding ortho intramolecular Hbond substituents is 1. The monoisotopic (exact) mass is 233 g/mol. The average molecular weight is 233 g/mol. The summed E-state index contributed by atoms with van der Waals surface area (Å²) in [6, 6.07) is 5.81. The lowest BCUT2D eigenvalue weighted by Gasteiger charge is -2.05. The highest BCUT2D eigenvalue weighted by Gasteiger charge is 2.06. The second-order valence-electron chi connectivity index (χ2n) is 3.46. The molecule has 0 aliphatic heterocycles. The van der Waals surface area contributed by atoms with Gasteiger partial charge in [-0.15, -0.1) is 0 Å². The Labute approximate surface area is 98.2 Å². The average Bonchev–Trinajstić information content (AvgIpc) is 2.33. The van der Waals surface area contributed by atoms with Gasteiger partial charge in [0.1, 0.15) is 5.82 Å². The lowest BCUT2D eigenvalue weighted by molar-refractivity contribution is 0.432. The maximum absolute atomic E-state index is 13.2. The third-order valence-corrected chi connectivity index (χ3v) is 2.22. The smallest absolute Gasteiger partial charge is 0.165 e. The van der Waals surface area contributed by atoms with E-state index in [0.717, 1.165) is 6.54 Å². The van der Waals surface area contributed by atoms with E-state index in [4.69, 9.17) is 5.11 Å². The van der Waals surface area contributed by atoms with Crippen molar-refractivity contribution in [1.29, 1.82) is 0 Å². The number of nitrogens with one attached hydrogen (secondary N) is 1. The fraction of sp³-hybridized carbons (Fsp3) is 0.167. The maximum atomic E-state index is 13.2. The number of anilines is 1. The molecule has 0 unspecified atom stereocenters. The Balaban J connectivity index is 2.38. The number of aromatic hydroxyl groups is 1. The molecule has 0 aliphatic carbocycles. The van der Waals surface area contributed by atoms with Gasteiger partial charge in [0.2, 0.25) is 0 Å². The number of benzene rings is 1. The Morgan fingerprint density at radius 2 is 2.18 bits per heavy atom. The minimum absolute atomic E-state index is 0.378. The van der Waals surface area contributed by atoms with Gasteiger partial charge in [-0.25, -0.2) is 14.4 Å². The molecule has 0 radical (unpaired) electrons. The van der Waals surface area contributed by atoms with Gasteiger partial charge >= 0.3 is 0 Å². The quantitative estimate of drug-likeness (QED) is 0.854. The molecule has 1 aromatic heterocycles. The second-order valence-corrected chi connectivity index (χ2v) is 3.46. The first-order chi connectivity index (χ1) is 8.20. The lowest BCUT2D eigenvalue weighted by atomic mass is 10.2. The van der Waals surface area contributed by atoms with Crippen LogP contribution in [0.4, 0.5) is 10.2 Å². The van der Waals surface area contributed by atoms with Crippen molar-refractivity contribution in [2.24, 2.45) is 0 Å². The van der Waals surface area contributed by atoms with Crippen LogP contribution in [0.1, 0.15) is 6.92 Å². The van der Waals surface area contributed by atoms with E-state index in [1.165, 1.54) is 12.1 Å². The summed E-state index contributed by atoms with van der Waals surface area (Å²) in [5.41, 5.74) is 0.528. The van der Waals surface area contributed by atoms with Crippen molar-refractivity contribution in [3.63, 3.8) is 0 Å². The maximum Gasteiger partial charge on any atom is 0.165 e. The molecule has 17 heavy (non-hydrogen) atoms. The molecule has 2 N–H and O–H groups in total.